The summed E-state index contributed by atoms with van der Waals surface area (Å²) < 4.78 is 40.3. The number of aromatic nitrogens is 3. The maximum absolute atomic E-state index is 13.4. The van der Waals surface area contributed by atoms with Gasteiger partial charge in [-0.05, 0) is 25.0 Å². The maximum atomic E-state index is 13.4. The van der Waals surface area contributed by atoms with Crippen LogP contribution in [-0.4, -0.2) is 58.1 Å². The van der Waals surface area contributed by atoms with E-state index in [1.807, 2.05) is 0 Å². The smallest absolute Gasteiger partial charge is 0.354 e. The Morgan fingerprint density at radius 1 is 1.14 bits per heavy atom. The molecule has 4 heterocycles. The first kappa shape index (κ1) is 18.5. The summed E-state index contributed by atoms with van der Waals surface area (Å²) in [5, 5.41) is 2.77. The molecule has 2 saturated heterocycles. The van der Waals surface area contributed by atoms with Crippen molar-refractivity contribution in [2.45, 2.75) is 25.1 Å². The fourth-order valence-electron chi connectivity index (χ4n) is 3.62. The molecular formula is C18H19F3N6O. The average molecular weight is 392 g/mol. The van der Waals surface area contributed by atoms with E-state index < -0.39 is 11.9 Å². The van der Waals surface area contributed by atoms with Crippen molar-refractivity contribution >= 4 is 11.8 Å². The SMILES string of the molecule is O=C1NCCN1C1CCCN(c2cc(C(F)(F)F)nc(-c3ccncc3)n2)C1. The number of alkyl halides is 3. The second-order valence-electron chi connectivity index (χ2n) is 6.84. The number of rotatable bonds is 3. The summed E-state index contributed by atoms with van der Waals surface area (Å²) in [7, 11) is 0. The number of halogens is 3. The molecule has 1 atom stereocenters. The highest BCUT2D eigenvalue weighted by atomic mass is 19.4. The number of piperidine rings is 1. The van der Waals surface area contributed by atoms with Gasteiger partial charge in [-0.25, -0.2) is 14.8 Å². The van der Waals surface area contributed by atoms with Crippen molar-refractivity contribution in [3.63, 3.8) is 0 Å². The Bertz CT molecular complexity index is 860. The zero-order chi connectivity index (χ0) is 19.7. The number of nitrogens with one attached hydrogen (secondary N) is 1. The fraction of sp³-hybridized carbons (Fsp3) is 0.444. The molecule has 0 aromatic carbocycles. The third kappa shape index (κ3) is 3.71. The van der Waals surface area contributed by atoms with E-state index in [0.29, 0.717) is 31.7 Å². The maximum Gasteiger partial charge on any atom is 0.433 e. The molecular weight excluding hydrogens is 373 g/mol. The van der Waals surface area contributed by atoms with Crippen LogP contribution in [0.2, 0.25) is 0 Å². The zero-order valence-electron chi connectivity index (χ0n) is 15.0. The minimum absolute atomic E-state index is 0.00765. The van der Waals surface area contributed by atoms with Crippen molar-refractivity contribution in [2.24, 2.45) is 0 Å². The standard InChI is InChI=1S/C18H19F3N6O/c19-18(20,21)14-10-15(25-16(24-14)12-3-5-22-6-4-12)26-8-1-2-13(11-26)27-9-7-23-17(27)28/h3-6,10,13H,1-2,7-9,11H2,(H,23,28). The largest absolute Gasteiger partial charge is 0.433 e. The molecule has 2 aromatic heterocycles. The van der Waals surface area contributed by atoms with Crippen LogP contribution < -0.4 is 10.2 Å². The highest BCUT2D eigenvalue weighted by molar-refractivity contribution is 5.76. The van der Waals surface area contributed by atoms with Crippen molar-refractivity contribution in [3.8, 4) is 11.4 Å². The third-order valence-corrected chi connectivity index (χ3v) is 4.99. The number of amides is 2. The second-order valence-corrected chi connectivity index (χ2v) is 6.84. The molecule has 2 amide bonds. The molecule has 148 valence electrons. The minimum Gasteiger partial charge on any atom is -0.354 e. The minimum atomic E-state index is -4.58. The third-order valence-electron chi connectivity index (χ3n) is 4.99. The van der Waals surface area contributed by atoms with Crippen LogP contribution in [-0.2, 0) is 6.18 Å². The first-order chi connectivity index (χ1) is 13.4. The van der Waals surface area contributed by atoms with Crippen molar-refractivity contribution in [3.05, 3.63) is 36.3 Å². The average Bonchev–Trinajstić information content (AvgIpc) is 3.14. The summed E-state index contributed by atoms with van der Waals surface area (Å²) in [5.41, 5.74) is -0.514. The molecule has 7 nitrogen and oxygen atoms in total. The molecule has 1 N–H and O–H groups in total. The van der Waals surface area contributed by atoms with Gasteiger partial charge in [0.15, 0.2) is 11.5 Å². The van der Waals surface area contributed by atoms with Crippen LogP contribution >= 0.6 is 0 Å². The van der Waals surface area contributed by atoms with E-state index >= 15 is 0 Å². The number of pyridine rings is 1. The van der Waals surface area contributed by atoms with Gasteiger partial charge in [0, 0.05) is 50.2 Å². The summed E-state index contributed by atoms with van der Waals surface area (Å²) in [6, 6.07) is 3.96. The van der Waals surface area contributed by atoms with Crippen molar-refractivity contribution in [2.75, 3.05) is 31.1 Å². The quantitative estimate of drug-likeness (QED) is 0.869. The van der Waals surface area contributed by atoms with Crippen LogP contribution in [0.4, 0.5) is 23.8 Å². The lowest BCUT2D eigenvalue weighted by atomic mass is 10.0. The summed E-state index contributed by atoms with van der Waals surface area (Å²) in [6.45, 7) is 2.22. The van der Waals surface area contributed by atoms with Crippen molar-refractivity contribution < 1.29 is 18.0 Å². The van der Waals surface area contributed by atoms with Gasteiger partial charge < -0.3 is 15.1 Å². The summed E-state index contributed by atoms with van der Waals surface area (Å²) in [4.78, 5) is 27.5. The molecule has 2 fully saturated rings. The summed E-state index contributed by atoms with van der Waals surface area (Å²) in [6.07, 6.45) is -0.0185. The van der Waals surface area contributed by atoms with E-state index in [4.69, 9.17) is 0 Å². The molecule has 0 radical (unpaired) electrons. The first-order valence-electron chi connectivity index (χ1n) is 9.08. The lowest BCUT2D eigenvalue weighted by Crippen LogP contribution is -2.49. The Morgan fingerprint density at radius 2 is 1.93 bits per heavy atom. The summed E-state index contributed by atoms with van der Waals surface area (Å²) in [5.74, 6) is 0.228. The van der Waals surface area contributed by atoms with E-state index in [2.05, 4.69) is 20.3 Å². The molecule has 4 rings (SSSR count). The van der Waals surface area contributed by atoms with Crippen LogP contribution in [0.25, 0.3) is 11.4 Å². The van der Waals surface area contributed by atoms with Gasteiger partial charge >= 0.3 is 12.2 Å². The Hall–Kier alpha value is -2.91. The summed E-state index contributed by atoms with van der Waals surface area (Å²) >= 11 is 0. The topological polar surface area (TPSA) is 74.2 Å². The number of carbonyl (C=O) groups excluding carboxylic acids is 1. The highest BCUT2D eigenvalue weighted by Gasteiger charge is 2.36. The zero-order valence-corrected chi connectivity index (χ0v) is 15.0. The monoisotopic (exact) mass is 392 g/mol. The Balaban J connectivity index is 1.67. The lowest BCUT2D eigenvalue weighted by Gasteiger charge is -2.37. The number of hydrogen-bond acceptors (Lipinski definition) is 5. The highest BCUT2D eigenvalue weighted by Crippen LogP contribution is 2.32. The molecule has 1 unspecified atom stereocenters. The molecule has 10 heteroatoms. The number of urea groups is 1. The van der Waals surface area contributed by atoms with Gasteiger partial charge in [0.2, 0.25) is 0 Å². The molecule has 0 spiro atoms. The molecule has 0 saturated carbocycles. The van der Waals surface area contributed by atoms with Gasteiger partial charge in [-0.1, -0.05) is 0 Å². The van der Waals surface area contributed by atoms with Crippen LogP contribution in [0.3, 0.4) is 0 Å². The van der Waals surface area contributed by atoms with E-state index in [9.17, 15) is 18.0 Å². The molecule has 2 aliphatic rings. The molecule has 0 aliphatic carbocycles. The van der Waals surface area contributed by atoms with Crippen LogP contribution in [0.1, 0.15) is 18.5 Å². The van der Waals surface area contributed by atoms with Crippen LogP contribution in [0, 0.1) is 0 Å². The predicted molar refractivity (Wildman–Crippen MR) is 95.6 cm³/mol. The molecule has 0 bridgehead atoms. The van der Waals surface area contributed by atoms with E-state index in [1.165, 1.54) is 12.4 Å². The first-order valence-corrected chi connectivity index (χ1v) is 9.08. The molecule has 2 aliphatic heterocycles. The van der Waals surface area contributed by atoms with E-state index in [0.717, 1.165) is 18.9 Å². The predicted octanol–water partition coefficient (Wildman–Crippen LogP) is 2.55. The fourth-order valence-corrected chi connectivity index (χ4v) is 3.62. The van der Waals surface area contributed by atoms with Gasteiger partial charge in [0.25, 0.3) is 0 Å². The Kier molecular flexibility index (Phi) is 4.78. The van der Waals surface area contributed by atoms with E-state index in [1.54, 1.807) is 21.9 Å². The van der Waals surface area contributed by atoms with Crippen molar-refractivity contribution in [1.29, 1.82) is 0 Å². The van der Waals surface area contributed by atoms with Crippen LogP contribution in [0.5, 0.6) is 0 Å². The molecule has 2 aromatic rings. The van der Waals surface area contributed by atoms with Gasteiger partial charge in [-0.15, -0.1) is 0 Å². The second kappa shape index (κ2) is 7.25. The number of hydrogen-bond donors (Lipinski definition) is 1. The van der Waals surface area contributed by atoms with Gasteiger partial charge in [-0.2, -0.15) is 13.2 Å². The van der Waals surface area contributed by atoms with Gasteiger partial charge in [-0.3, -0.25) is 4.98 Å². The number of carbonyl (C=O) groups is 1. The Morgan fingerprint density at radius 3 is 2.61 bits per heavy atom. The van der Waals surface area contributed by atoms with Crippen LogP contribution in [0.15, 0.2) is 30.6 Å². The number of anilines is 1. The number of nitrogens with zero attached hydrogens (tertiary/aromatic N) is 5. The normalized spacial score (nSPS) is 20.4. The Labute approximate surface area is 159 Å². The van der Waals surface area contributed by atoms with Gasteiger partial charge in [0.1, 0.15) is 5.82 Å². The van der Waals surface area contributed by atoms with Crippen molar-refractivity contribution in [1.82, 2.24) is 25.2 Å². The van der Waals surface area contributed by atoms with Gasteiger partial charge in [0.05, 0.1) is 6.04 Å². The lowest BCUT2D eigenvalue weighted by molar-refractivity contribution is -0.141. The molecule has 28 heavy (non-hydrogen) atoms. The van der Waals surface area contributed by atoms with E-state index in [-0.39, 0.29) is 23.7 Å².